The van der Waals surface area contributed by atoms with Crippen LogP contribution < -0.4 is 0 Å². The highest BCUT2D eigenvalue weighted by Crippen LogP contribution is 2.26. The molecule has 11 unspecified atom stereocenters. The second kappa shape index (κ2) is 47.0. The number of hydrogen-bond acceptors (Lipinski definition) is 14. The lowest BCUT2D eigenvalue weighted by Gasteiger charge is -2.42. The van der Waals surface area contributed by atoms with Gasteiger partial charge in [-0.1, -0.05) is 182 Å². The van der Waals surface area contributed by atoms with E-state index in [-0.39, 0.29) is 19.6 Å². The minimum atomic E-state index is -1.72. The van der Waals surface area contributed by atoms with E-state index in [4.69, 9.17) is 28.4 Å². The van der Waals surface area contributed by atoms with Crippen LogP contribution in [-0.4, -0.2) is 142 Å². The van der Waals surface area contributed by atoms with Crippen LogP contribution in [0.5, 0.6) is 0 Å². The lowest BCUT2D eigenvalue weighted by molar-refractivity contribution is -0.332. The summed E-state index contributed by atoms with van der Waals surface area (Å²) in [6, 6.07) is 0. The molecule has 2 saturated heterocycles. The fourth-order valence-corrected chi connectivity index (χ4v) is 8.50. The highest BCUT2D eigenvalue weighted by molar-refractivity contribution is 5.69. The minimum Gasteiger partial charge on any atom is -0.457 e. The molecular weight excluding hydrogens is 957 g/mol. The van der Waals surface area contributed by atoms with Crippen LogP contribution in [0.2, 0.25) is 0 Å². The first-order valence-corrected chi connectivity index (χ1v) is 28.8. The predicted molar refractivity (Wildman–Crippen MR) is 298 cm³/mol. The molecule has 2 rings (SSSR count). The maximum atomic E-state index is 13.1. The van der Waals surface area contributed by atoms with Crippen LogP contribution in [0.3, 0.4) is 0 Å². The number of aliphatic hydroxyl groups excluding tert-OH is 7. The zero-order valence-corrected chi connectivity index (χ0v) is 46.0. The Morgan fingerprint density at radius 2 is 0.827 bits per heavy atom. The third-order valence-electron chi connectivity index (χ3n) is 13.1. The normalized spacial score (nSPS) is 25.3. The number of ether oxygens (including phenoxy) is 6. The smallest absolute Gasteiger partial charge is 0.306 e. The number of unbranched alkanes of at least 4 members (excludes halogenated alkanes) is 15. The minimum absolute atomic E-state index is 0.0452. The summed E-state index contributed by atoms with van der Waals surface area (Å²) in [5, 5.41) is 72.4. The SMILES string of the molecule is CC/C=C\C/C=C\C/C=C\C/C=C\CCCCCCCCCCCOCC(COC1OC(COC2OC(CO)C(O)C(O)C2O)C(O)C(O)C1O)OC(=O)CCCCCCCC/C=C\C/C=C\C/C=C\C/C=C\CC. The summed E-state index contributed by atoms with van der Waals surface area (Å²) >= 11 is 0. The van der Waals surface area contributed by atoms with Crippen molar-refractivity contribution in [2.75, 3.05) is 33.0 Å². The van der Waals surface area contributed by atoms with Gasteiger partial charge in [0.05, 0.1) is 26.4 Å². The Morgan fingerprint density at radius 3 is 1.29 bits per heavy atom. The Labute approximate surface area is 452 Å². The fourth-order valence-electron chi connectivity index (χ4n) is 8.50. The van der Waals surface area contributed by atoms with Crippen LogP contribution in [0, 0.1) is 0 Å². The Morgan fingerprint density at radius 1 is 0.440 bits per heavy atom. The van der Waals surface area contributed by atoms with Crippen molar-refractivity contribution in [3.63, 3.8) is 0 Å². The summed E-state index contributed by atoms with van der Waals surface area (Å²) in [6.07, 6.45) is 46.0. The fraction of sp³-hybridized carbons (Fsp3) is 0.721. The van der Waals surface area contributed by atoms with Crippen molar-refractivity contribution in [1.29, 1.82) is 0 Å². The molecule has 430 valence electrons. The van der Waals surface area contributed by atoms with Crippen molar-refractivity contribution in [2.45, 2.75) is 248 Å². The van der Waals surface area contributed by atoms with Crippen molar-refractivity contribution in [1.82, 2.24) is 0 Å². The third-order valence-corrected chi connectivity index (χ3v) is 13.1. The Kier molecular flexibility index (Phi) is 42.6. The molecule has 0 aromatic rings. The lowest BCUT2D eigenvalue weighted by atomic mass is 9.98. The molecule has 2 heterocycles. The number of carbonyl (C=O) groups excluding carboxylic acids is 1. The van der Waals surface area contributed by atoms with Crippen molar-refractivity contribution in [3.05, 3.63) is 97.2 Å². The van der Waals surface area contributed by atoms with E-state index in [1.54, 1.807) is 0 Å². The largest absolute Gasteiger partial charge is 0.457 e. The van der Waals surface area contributed by atoms with E-state index in [1.165, 1.54) is 38.5 Å². The molecule has 7 N–H and O–H groups in total. The molecule has 14 nitrogen and oxygen atoms in total. The first-order chi connectivity index (χ1) is 36.6. The van der Waals surface area contributed by atoms with Gasteiger partial charge in [-0.3, -0.25) is 4.79 Å². The van der Waals surface area contributed by atoms with Gasteiger partial charge in [0.2, 0.25) is 0 Å². The predicted octanol–water partition coefficient (Wildman–Crippen LogP) is 10.2. The van der Waals surface area contributed by atoms with E-state index in [1.807, 2.05) is 0 Å². The Balaban J connectivity index is 1.73. The van der Waals surface area contributed by atoms with Gasteiger partial charge in [-0.25, -0.2) is 0 Å². The van der Waals surface area contributed by atoms with Gasteiger partial charge in [0.25, 0.3) is 0 Å². The van der Waals surface area contributed by atoms with Gasteiger partial charge in [-0.2, -0.15) is 0 Å². The molecule has 2 fully saturated rings. The lowest BCUT2D eigenvalue weighted by Crippen LogP contribution is -2.61. The van der Waals surface area contributed by atoms with E-state index in [2.05, 4.69) is 111 Å². The van der Waals surface area contributed by atoms with Gasteiger partial charge < -0.3 is 64.2 Å². The Bertz CT molecular complexity index is 1610. The van der Waals surface area contributed by atoms with E-state index in [0.717, 1.165) is 116 Å². The first-order valence-electron chi connectivity index (χ1n) is 28.8. The average Bonchev–Trinajstić information content (AvgIpc) is 3.41. The molecule has 14 heteroatoms. The maximum Gasteiger partial charge on any atom is 0.306 e. The summed E-state index contributed by atoms with van der Waals surface area (Å²) in [6.45, 7) is 3.42. The number of esters is 1. The number of carbonyl (C=O) groups is 1. The topological polar surface area (TPSA) is 214 Å². The second-order valence-corrected chi connectivity index (χ2v) is 19.7. The summed E-state index contributed by atoms with van der Waals surface area (Å²) < 4.78 is 34.4. The molecule has 2 aliphatic rings. The standard InChI is InChI=1S/C61H102O14/c1-3-5-7-9-11-13-15-17-19-21-23-24-25-27-29-31-33-35-37-39-41-43-45-70-47-50(73-53(63)44-42-40-38-36-34-32-30-28-26-22-20-18-16-14-12-10-8-6-4-2)48-71-60-59(69)57(67)55(65)52(75-60)49-72-61-58(68)56(66)54(64)51(46-62)74-61/h5-8,11-14,17-20,23-24,26,28,50-52,54-62,64-69H,3-4,9-10,15-16,21-22,25,27,29-49H2,1-2H3/b7-5-,8-6-,13-11-,14-12-,19-17-,20-18-,24-23-,28-26-. The molecule has 75 heavy (non-hydrogen) atoms. The van der Waals surface area contributed by atoms with Crippen molar-refractivity contribution in [2.24, 2.45) is 0 Å². The second-order valence-electron chi connectivity index (χ2n) is 19.7. The molecule has 0 spiro atoms. The van der Waals surface area contributed by atoms with Gasteiger partial charge in [0.15, 0.2) is 12.6 Å². The molecular formula is C61H102O14. The Hall–Kier alpha value is -3.09. The summed E-state index contributed by atoms with van der Waals surface area (Å²) in [4.78, 5) is 13.1. The molecule has 0 aliphatic carbocycles. The van der Waals surface area contributed by atoms with Gasteiger partial charge >= 0.3 is 5.97 Å². The summed E-state index contributed by atoms with van der Waals surface area (Å²) in [5.41, 5.74) is 0. The highest BCUT2D eigenvalue weighted by atomic mass is 16.7. The highest BCUT2D eigenvalue weighted by Gasteiger charge is 2.47. The van der Waals surface area contributed by atoms with E-state index < -0.39 is 86.7 Å². The van der Waals surface area contributed by atoms with E-state index in [0.29, 0.717) is 13.0 Å². The number of rotatable bonds is 45. The van der Waals surface area contributed by atoms with Crippen LogP contribution in [0.25, 0.3) is 0 Å². The zero-order chi connectivity index (χ0) is 54.4. The van der Waals surface area contributed by atoms with Crippen LogP contribution in [-0.2, 0) is 33.2 Å². The van der Waals surface area contributed by atoms with E-state index in [9.17, 15) is 40.5 Å². The van der Waals surface area contributed by atoms with Crippen LogP contribution >= 0.6 is 0 Å². The number of aliphatic hydroxyl groups is 7. The third kappa shape index (κ3) is 33.7. The average molecular weight is 1060 g/mol. The van der Waals surface area contributed by atoms with Gasteiger partial charge in [0, 0.05) is 13.0 Å². The maximum absolute atomic E-state index is 13.1. The van der Waals surface area contributed by atoms with Gasteiger partial charge in [-0.05, 0) is 89.9 Å². The quantitative estimate of drug-likeness (QED) is 0.0172. The van der Waals surface area contributed by atoms with Gasteiger partial charge in [0.1, 0.15) is 54.9 Å². The molecule has 0 saturated carbocycles. The molecule has 2 aliphatic heterocycles. The molecule has 0 radical (unpaired) electrons. The monoisotopic (exact) mass is 1060 g/mol. The molecule has 0 aromatic heterocycles. The van der Waals surface area contributed by atoms with Gasteiger partial charge in [-0.15, -0.1) is 0 Å². The summed E-state index contributed by atoms with van der Waals surface area (Å²) in [5.74, 6) is -0.396. The molecule has 0 bridgehead atoms. The number of allylic oxidation sites excluding steroid dienone is 16. The summed E-state index contributed by atoms with van der Waals surface area (Å²) in [7, 11) is 0. The first kappa shape index (κ1) is 68.0. The molecule has 0 amide bonds. The van der Waals surface area contributed by atoms with Crippen LogP contribution in [0.15, 0.2) is 97.2 Å². The molecule has 0 aromatic carbocycles. The van der Waals surface area contributed by atoms with Crippen LogP contribution in [0.1, 0.15) is 181 Å². The van der Waals surface area contributed by atoms with Crippen molar-refractivity contribution < 1.29 is 69.0 Å². The van der Waals surface area contributed by atoms with E-state index >= 15 is 0 Å². The molecule has 11 atom stereocenters. The van der Waals surface area contributed by atoms with Crippen molar-refractivity contribution >= 4 is 5.97 Å². The number of hydrogen-bond donors (Lipinski definition) is 7. The van der Waals surface area contributed by atoms with Crippen LogP contribution in [0.4, 0.5) is 0 Å². The zero-order valence-electron chi connectivity index (χ0n) is 46.0. The van der Waals surface area contributed by atoms with Crippen molar-refractivity contribution in [3.8, 4) is 0 Å².